The number of urea groups is 1. The Balaban J connectivity index is 2.21. The largest absolute Gasteiger partial charge is 0.480 e. The molecule has 1 saturated carbocycles. The van der Waals surface area contributed by atoms with E-state index in [0.717, 1.165) is 12.3 Å². The summed E-state index contributed by atoms with van der Waals surface area (Å²) in [6.45, 7) is 2.39. The lowest BCUT2D eigenvalue weighted by Gasteiger charge is -2.23. The summed E-state index contributed by atoms with van der Waals surface area (Å²) in [5, 5.41) is 11.7. The Morgan fingerprint density at radius 2 is 2.12 bits per heavy atom. The quantitative estimate of drug-likeness (QED) is 0.667. The van der Waals surface area contributed by atoms with E-state index in [-0.39, 0.29) is 6.03 Å². The maximum Gasteiger partial charge on any atom is 0.326 e. The molecule has 1 unspecified atom stereocenters. The Morgan fingerprint density at radius 3 is 2.59 bits per heavy atom. The van der Waals surface area contributed by atoms with Gasteiger partial charge >= 0.3 is 12.0 Å². The fraction of sp³-hybridized carbons (Fsp3) is 0.833. The van der Waals surface area contributed by atoms with Gasteiger partial charge in [0.2, 0.25) is 0 Å². The average Bonchev–Trinajstić information content (AvgIpc) is 3.08. The molecule has 0 aliphatic heterocycles. The van der Waals surface area contributed by atoms with E-state index in [4.69, 9.17) is 5.11 Å². The first-order chi connectivity index (χ1) is 8.06. The predicted octanol–water partition coefficient (Wildman–Crippen LogP) is 1.68. The molecule has 1 fully saturated rings. The number of nitrogens with one attached hydrogen (secondary N) is 1. The summed E-state index contributed by atoms with van der Waals surface area (Å²) in [7, 11) is 1.53. The van der Waals surface area contributed by atoms with Gasteiger partial charge in [0.1, 0.15) is 6.04 Å². The highest BCUT2D eigenvalue weighted by Crippen LogP contribution is 2.33. The minimum atomic E-state index is -0.955. The van der Waals surface area contributed by atoms with E-state index < -0.39 is 12.0 Å². The zero-order chi connectivity index (χ0) is 12.8. The first-order valence-corrected chi connectivity index (χ1v) is 6.29. The number of nitrogens with zero attached hydrogens (tertiary/aromatic N) is 1. The molecule has 0 radical (unpaired) electrons. The van der Waals surface area contributed by atoms with Crippen LogP contribution in [0.1, 0.15) is 39.0 Å². The van der Waals surface area contributed by atoms with Gasteiger partial charge < -0.3 is 15.3 Å². The Labute approximate surface area is 102 Å². The molecule has 1 atom stereocenters. The van der Waals surface area contributed by atoms with Crippen LogP contribution in [-0.2, 0) is 4.79 Å². The van der Waals surface area contributed by atoms with Gasteiger partial charge in [-0.2, -0.15) is 0 Å². The monoisotopic (exact) mass is 242 g/mol. The summed E-state index contributed by atoms with van der Waals surface area (Å²) in [5.74, 6) is -0.0878. The molecule has 1 aliphatic carbocycles. The molecular weight excluding hydrogens is 220 g/mol. The van der Waals surface area contributed by atoms with Crippen molar-refractivity contribution in [2.45, 2.75) is 45.1 Å². The highest BCUT2D eigenvalue weighted by atomic mass is 16.4. The van der Waals surface area contributed by atoms with E-state index in [9.17, 15) is 9.59 Å². The van der Waals surface area contributed by atoms with Crippen molar-refractivity contribution < 1.29 is 14.7 Å². The van der Waals surface area contributed by atoms with Crippen LogP contribution in [0.5, 0.6) is 0 Å². The Hall–Kier alpha value is -1.26. The van der Waals surface area contributed by atoms with Crippen LogP contribution < -0.4 is 5.32 Å². The molecule has 5 nitrogen and oxygen atoms in total. The molecule has 0 aromatic carbocycles. The van der Waals surface area contributed by atoms with Gasteiger partial charge in [0.05, 0.1) is 0 Å². The van der Waals surface area contributed by atoms with Gasteiger partial charge in [-0.25, -0.2) is 9.59 Å². The van der Waals surface area contributed by atoms with Crippen LogP contribution in [0.25, 0.3) is 0 Å². The molecule has 0 heterocycles. The van der Waals surface area contributed by atoms with Crippen LogP contribution >= 0.6 is 0 Å². The molecule has 0 bridgehead atoms. The normalized spacial score (nSPS) is 16.4. The van der Waals surface area contributed by atoms with Crippen LogP contribution in [0, 0.1) is 5.92 Å². The van der Waals surface area contributed by atoms with Gasteiger partial charge in [-0.1, -0.05) is 19.8 Å². The van der Waals surface area contributed by atoms with Crippen LogP contribution in [0.2, 0.25) is 0 Å². The van der Waals surface area contributed by atoms with Crippen molar-refractivity contribution in [1.29, 1.82) is 0 Å². The van der Waals surface area contributed by atoms with E-state index in [1.165, 1.54) is 31.2 Å². The van der Waals surface area contributed by atoms with Gasteiger partial charge in [-0.15, -0.1) is 0 Å². The molecule has 98 valence electrons. The van der Waals surface area contributed by atoms with Crippen molar-refractivity contribution in [3.8, 4) is 0 Å². The lowest BCUT2D eigenvalue weighted by Crippen LogP contribution is -2.47. The van der Waals surface area contributed by atoms with E-state index in [2.05, 4.69) is 5.32 Å². The van der Waals surface area contributed by atoms with E-state index >= 15 is 0 Å². The topological polar surface area (TPSA) is 69.6 Å². The molecule has 1 aliphatic rings. The van der Waals surface area contributed by atoms with Crippen LogP contribution in [0.3, 0.4) is 0 Å². The van der Waals surface area contributed by atoms with Crippen molar-refractivity contribution in [1.82, 2.24) is 10.2 Å². The number of hydrogen-bond acceptors (Lipinski definition) is 2. The third kappa shape index (κ3) is 4.63. The Morgan fingerprint density at radius 1 is 1.47 bits per heavy atom. The number of carbonyl (C=O) groups excluding carboxylic acids is 1. The lowest BCUT2D eigenvalue weighted by atomic mass is 10.2. The minimum Gasteiger partial charge on any atom is -0.480 e. The fourth-order valence-electron chi connectivity index (χ4n) is 1.87. The second kappa shape index (κ2) is 6.47. The number of carbonyl (C=O) groups is 2. The van der Waals surface area contributed by atoms with Gasteiger partial charge in [0.15, 0.2) is 0 Å². The van der Waals surface area contributed by atoms with Crippen molar-refractivity contribution in [2.75, 3.05) is 13.6 Å². The van der Waals surface area contributed by atoms with Crippen molar-refractivity contribution >= 4 is 12.0 Å². The molecule has 2 amide bonds. The van der Waals surface area contributed by atoms with E-state index in [1.54, 1.807) is 6.92 Å². The highest BCUT2D eigenvalue weighted by molar-refractivity contribution is 5.82. The van der Waals surface area contributed by atoms with Crippen molar-refractivity contribution in [2.24, 2.45) is 5.92 Å². The second-order valence-corrected chi connectivity index (χ2v) is 4.69. The predicted molar refractivity (Wildman–Crippen MR) is 64.8 cm³/mol. The summed E-state index contributed by atoms with van der Waals surface area (Å²) in [6.07, 6.45) is 5.21. The van der Waals surface area contributed by atoms with Crippen LogP contribution in [0.15, 0.2) is 0 Å². The molecule has 0 saturated heterocycles. The maximum absolute atomic E-state index is 11.7. The molecule has 0 aromatic rings. The number of carboxylic acid groups (broad SMARTS) is 1. The molecule has 5 heteroatoms. The molecule has 17 heavy (non-hydrogen) atoms. The number of aliphatic carboxylic acids is 1. The van der Waals surface area contributed by atoms with E-state index in [1.807, 2.05) is 0 Å². The summed E-state index contributed by atoms with van der Waals surface area (Å²) in [5.41, 5.74) is 0. The van der Waals surface area contributed by atoms with Crippen LogP contribution in [0.4, 0.5) is 4.79 Å². The maximum atomic E-state index is 11.7. The Bertz CT molecular complexity index is 277. The second-order valence-electron chi connectivity index (χ2n) is 4.69. The van der Waals surface area contributed by atoms with Crippen LogP contribution in [-0.4, -0.2) is 41.6 Å². The van der Waals surface area contributed by atoms with Gasteiger partial charge in [-0.3, -0.25) is 0 Å². The van der Waals surface area contributed by atoms with Crippen molar-refractivity contribution in [3.05, 3.63) is 0 Å². The smallest absolute Gasteiger partial charge is 0.326 e. The van der Waals surface area contributed by atoms with Gasteiger partial charge in [0.25, 0.3) is 0 Å². The number of hydrogen-bond donors (Lipinski definition) is 2. The number of likely N-dealkylation sites (N-methyl/N-ethyl adjacent to an activating group) is 1. The molecule has 2 N–H and O–H groups in total. The summed E-state index contributed by atoms with van der Waals surface area (Å²) in [6, 6.07) is -1.03. The lowest BCUT2D eigenvalue weighted by molar-refractivity contribution is -0.141. The van der Waals surface area contributed by atoms with Crippen molar-refractivity contribution in [3.63, 3.8) is 0 Å². The first-order valence-electron chi connectivity index (χ1n) is 6.29. The summed E-state index contributed by atoms with van der Waals surface area (Å²) in [4.78, 5) is 23.8. The first kappa shape index (κ1) is 13.8. The molecule has 0 spiro atoms. The van der Waals surface area contributed by atoms with Gasteiger partial charge in [-0.05, 0) is 25.2 Å². The molecule has 0 aromatic heterocycles. The third-order valence-electron chi connectivity index (χ3n) is 3.22. The Kier molecular flexibility index (Phi) is 5.25. The zero-order valence-corrected chi connectivity index (χ0v) is 10.6. The van der Waals surface area contributed by atoms with Gasteiger partial charge in [0, 0.05) is 13.6 Å². The fourth-order valence-corrected chi connectivity index (χ4v) is 1.87. The number of carboxylic acids is 1. The summed E-state index contributed by atoms with van der Waals surface area (Å²) >= 11 is 0. The molecule has 1 rings (SSSR count). The number of rotatable bonds is 7. The zero-order valence-electron chi connectivity index (χ0n) is 10.6. The standard InChI is InChI=1S/C12H22N2O3/c1-3-10(11(15)16)14(2)12(17)13-8-4-5-9-6-7-9/h9-10H,3-8H2,1-2H3,(H,13,17)(H,15,16). The average molecular weight is 242 g/mol. The summed E-state index contributed by atoms with van der Waals surface area (Å²) < 4.78 is 0. The SMILES string of the molecule is CCC(C(=O)O)N(C)C(=O)NCCCC1CC1. The highest BCUT2D eigenvalue weighted by Gasteiger charge is 2.24. The number of amides is 2. The minimum absolute atomic E-state index is 0.296. The van der Waals surface area contributed by atoms with E-state index in [0.29, 0.717) is 13.0 Å². The third-order valence-corrected chi connectivity index (χ3v) is 3.22. The molecular formula is C12H22N2O3.